The molecule has 3 aromatic heterocycles. The van der Waals surface area contributed by atoms with Gasteiger partial charge in [-0.15, -0.1) is 11.3 Å². The maximum atomic E-state index is 12.2. The second kappa shape index (κ2) is 5.46. The Morgan fingerprint density at radius 2 is 2.29 bits per heavy atom. The average Bonchev–Trinajstić information content (AvgIpc) is 3.06. The van der Waals surface area contributed by atoms with Gasteiger partial charge in [-0.2, -0.15) is 0 Å². The van der Waals surface area contributed by atoms with E-state index in [-0.39, 0.29) is 11.6 Å². The third kappa shape index (κ3) is 2.64. The first-order valence-corrected chi connectivity index (χ1v) is 7.63. The fourth-order valence-corrected chi connectivity index (χ4v) is 3.32. The van der Waals surface area contributed by atoms with Gasteiger partial charge in [0.15, 0.2) is 0 Å². The predicted octanol–water partition coefficient (Wildman–Crippen LogP) is 3.05. The van der Waals surface area contributed by atoms with Gasteiger partial charge >= 0.3 is 0 Å². The number of fused-ring (bicyclic) bond motifs is 1. The highest BCUT2D eigenvalue weighted by Crippen LogP contribution is 2.25. The first-order valence-electron chi connectivity index (χ1n) is 6.82. The van der Waals surface area contributed by atoms with Crippen molar-refractivity contribution in [1.82, 2.24) is 15.3 Å². The summed E-state index contributed by atoms with van der Waals surface area (Å²) in [6.45, 7) is 6.47. The molecule has 0 radical (unpaired) electrons. The highest BCUT2D eigenvalue weighted by Gasteiger charge is 2.13. The van der Waals surface area contributed by atoms with Gasteiger partial charge in [0, 0.05) is 4.88 Å². The maximum Gasteiger partial charge on any atom is 0.259 e. The van der Waals surface area contributed by atoms with E-state index < -0.39 is 0 Å². The number of nitrogens with one attached hydrogen (secondary N) is 2. The minimum atomic E-state index is -0.0655. The molecule has 0 aliphatic heterocycles. The molecular weight excluding hydrogens is 286 g/mol. The van der Waals surface area contributed by atoms with Crippen LogP contribution in [0.5, 0.6) is 0 Å². The Morgan fingerprint density at radius 1 is 1.48 bits per heavy atom. The van der Waals surface area contributed by atoms with Crippen LogP contribution in [-0.4, -0.2) is 9.97 Å². The van der Waals surface area contributed by atoms with Gasteiger partial charge in [0.05, 0.1) is 24.2 Å². The van der Waals surface area contributed by atoms with Crippen molar-refractivity contribution in [2.45, 2.75) is 33.4 Å². The summed E-state index contributed by atoms with van der Waals surface area (Å²) in [6, 6.07) is 3.84. The van der Waals surface area contributed by atoms with Gasteiger partial charge in [0.25, 0.3) is 5.56 Å². The van der Waals surface area contributed by atoms with E-state index in [2.05, 4.69) is 15.3 Å². The number of rotatable bonds is 4. The molecule has 21 heavy (non-hydrogen) atoms. The van der Waals surface area contributed by atoms with Crippen LogP contribution in [-0.2, 0) is 6.54 Å². The molecule has 0 fully saturated rings. The van der Waals surface area contributed by atoms with Crippen LogP contribution in [0.25, 0.3) is 10.2 Å². The van der Waals surface area contributed by atoms with Crippen LogP contribution in [0.1, 0.15) is 35.0 Å². The molecule has 0 spiro atoms. The molecule has 110 valence electrons. The van der Waals surface area contributed by atoms with Gasteiger partial charge in [0.2, 0.25) is 0 Å². The second-order valence-electron chi connectivity index (χ2n) is 5.09. The molecule has 3 heterocycles. The van der Waals surface area contributed by atoms with Gasteiger partial charge in [-0.1, -0.05) is 0 Å². The van der Waals surface area contributed by atoms with Crippen molar-refractivity contribution in [2.75, 3.05) is 0 Å². The van der Waals surface area contributed by atoms with Crippen LogP contribution in [0, 0.1) is 13.8 Å². The summed E-state index contributed by atoms with van der Waals surface area (Å²) in [5, 5.41) is 4.00. The van der Waals surface area contributed by atoms with Gasteiger partial charge < -0.3 is 14.7 Å². The first-order chi connectivity index (χ1) is 10.1. The highest BCUT2D eigenvalue weighted by molar-refractivity contribution is 7.18. The summed E-state index contributed by atoms with van der Waals surface area (Å²) in [4.78, 5) is 21.5. The summed E-state index contributed by atoms with van der Waals surface area (Å²) in [6.07, 6.45) is 1.65. The summed E-state index contributed by atoms with van der Waals surface area (Å²) in [5.74, 6) is 1.51. The Labute approximate surface area is 126 Å². The molecule has 3 aromatic rings. The fourth-order valence-electron chi connectivity index (χ4n) is 2.27. The topological polar surface area (TPSA) is 70.9 Å². The molecule has 5 nitrogen and oxygen atoms in total. The number of hydrogen-bond acceptors (Lipinski definition) is 5. The first kappa shape index (κ1) is 14.0. The molecule has 0 aliphatic carbocycles. The SMILES string of the molecule is Cc1sc2nc(CN[C@@H](C)c3ccco3)[nH]c(=O)c2c1C. The number of thiophene rings is 1. The molecule has 0 bridgehead atoms. The van der Waals surface area contributed by atoms with Crippen LogP contribution < -0.4 is 10.9 Å². The lowest BCUT2D eigenvalue weighted by atomic mass is 10.2. The Balaban J connectivity index is 1.83. The smallest absolute Gasteiger partial charge is 0.259 e. The number of nitrogens with zero attached hydrogens (tertiary/aromatic N) is 1. The third-order valence-electron chi connectivity index (χ3n) is 3.63. The van der Waals surface area contributed by atoms with Crippen LogP contribution in [0.4, 0.5) is 0 Å². The van der Waals surface area contributed by atoms with Crippen molar-refractivity contribution in [3.8, 4) is 0 Å². The monoisotopic (exact) mass is 303 g/mol. The minimum absolute atomic E-state index is 0.0628. The fraction of sp³-hybridized carbons (Fsp3) is 0.333. The summed E-state index contributed by atoms with van der Waals surface area (Å²) in [5.41, 5.74) is 0.955. The predicted molar refractivity (Wildman–Crippen MR) is 83.7 cm³/mol. The van der Waals surface area contributed by atoms with E-state index in [9.17, 15) is 4.79 Å². The molecule has 0 aliphatic rings. The molecule has 0 amide bonds. The molecule has 2 N–H and O–H groups in total. The number of aromatic amines is 1. The number of furan rings is 1. The molecule has 3 rings (SSSR count). The number of H-pyrrole nitrogens is 1. The normalized spacial score (nSPS) is 12.9. The van der Waals surface area contributed by atoms with Crippen molar-refractivity contribution < 1.29 is 4.42 Å². The minimum Gasteiger partial charge on any atom is -0.468 e. The van der Waals surface area contributed by atoms with Gasteiger partial charge in [-0.3, -0.25) is 4.79 Å². The van der Waals surface area contributed by atoms with Gasteiger partial charge in [0.1, 0.15) is 16.4 Å². The Morgan fingerprint density at radius 3 is 3.00 bits per heavy atom. The lowest BCUT2D eigenvalue weighted by Crippen LogP contribution is -2.21. The second-order valence-corrected chi connectivity index (χ2v) is 6.30. The highest BCUT2D eigenvalue weighted by atomic mass is 32.1. The molecule has 0 saturated carbocycles. The lowest BCUT2D eigenvalue weighted by molar-refractivity contribution is 0.427. The Bertz CT molecular complexity index is 817. The molecule has 0 aromatic carbocycles. The van der Waals surface area contributed by atoms with Crippen molar-refractivity contribution in [3.05, 3.63) is 50.8 Å². The van der Waals surface area contributed by atoms with Gasteiger partial charge in [-0.05, 0) is 38.5 Å². The van der Waals surface area contributed by atoms with Crippen molar-refractivity contribution >= 4 is 21.6 Å². The van der Waals surface area contributed by atoms with Crippen molar-refractivity contribution in [2.24, 2.45) is 0 Å². The van der Waals surface area contributed by atoms with Crippen LogP contribution in [0.3, 0.4) is 0 Å². The quantitative estimate of drug-likeness (QED) is 0.777. The van der Waals surface area contributed by atoms with E-state index in [0.717, 1.165) is 21.0 Å². The van der Waals surface area contributed by atoms with Crippen LogP contribution >= 0.6 is 11.3 Å². The van der Waals surface area contributed by atoms with E-state index in [1.165, 1.54) is 0 Å². The van der Waals surface area contributed by atoms with E-state index in [4.69, 9.17) is 4.42 Å². The zero-order valence-electron chi connectivity index (χ0n) is 12.2. The maximum absolute atomic E-state index is 12.2. The Hall–Kier alpha value is -1.92. The standard InChI is InChI=1S/C15H17N3O2S/c1-8-10(3)21-15-13(8)14(19)17-12(18-15)7-16-9(2)11-5-4-6-20-11/h4-6,9,16H,7H2,1-3H3,(H,17,18,19)/t9-/m0/s1. The lowest BCUT2D eigenvalue weighted by Gasteiger charge is -2.10. The number of aromatic nitrogens is 2. The van der Waals surface area contributed by atoms with Crippen LogP contribution in [0.15, 0.2) is 27.6 Å². The molecule has 6 heteroatoms. The van der Waals surface area contributed by atoms with Gasteiger partial charge in [-0.25, -0.2) is 4.98 Å². The van der Waals surface area contributed by atoms with Crippen molar-refractivity contribution in [3.63, 3.8) is 0 Å². The number of aryl methyl sites for hydroxylation is 2. The largest absolute Gasteiger partial charge is 0.468 e. The summed E-state index contributed by atoms with van der Waals surface area (Å²) < 4.78 is 5.34. The Kier molecular flexibility index (Phi) is 3.65. The molecule has 0 saturated heterocycles. The third-order valence-corrected chi connectivity index (χ3v) is 4.73. The molecule has 0 unspecified atom stereocenters. The molecular formula is C15H17N3O2S. The zero-order chi connectivity index (χ0) is 15.0. The van der Waals surface area contributed by atoms with E-state index in [0.29, 0.717) is 17.8 Å². The van der Waals surface area contributed by atoms with Crippen LogP contribution in [0.2, 0.25) is 0 Å². The van der Waals surface area contributed by atoms with Crippen molar-refractivity contribution in [1.29, 1.82) is 0 Å². The zero-order valence-corrected chi connectivity index (χ0v) is 13.0. The van der Waals surface area contributed by atoms with E-state index in [1.54, 1.807) is 17.6 Å². The number of hydrogen-bond donors (Lipinski definition) is 2. The summed E-state index contributed by atoms with van der Waals surface area (Å²) >= 11 is 1.56. The van der Waals surface area contributed by atoms with E-state index in [1.807, 2.05) is 32.9 Å². The molecule has 1 atom stereocenters. The van der Waals surface area contributed by atoms with E-state index >= 15 is 0 Å². The summed E-state index contributed by atoms with van der Waals surface area (Å²) in [7, 11) is 0. The average molecular weight is 303 g/mol.